The first kappa shape index (κ1) is 12.8. The van der Waals surface area contributed by atoms with Crippen LogP contribution in [0.15, 0.2) is 36.4 Å². The number of piperazine rings is 1. The van der Waals surface area contributed by atoms with E-state index in [4.69, 9.17) is 9.97 Å². The minimum atomic E-state index is 0.579. The Balaban J connectivity index is 1.74. The third-order valence-corrected chi connectivity index (χ3v) is 4.18. The Labute approximate surface area is 125 Å². The lowest BCUT2D eigenvalue weighted by atomic mass is 10.1. The maximum atomic E-state index is 4.83. The van der Waals surface area contributed by atoms with E-state index in [2.05, 4.69) is 40.5 Å². The van der Waals surface area contributed by atoms with Crippen LogP contribution < -0.4 is 10.2 Å². The van der Waals surface area contributed by atoms with Crippen LogP contribution >= 0.6 is 0 Å². The smallest absolute Gasteiger partial charge is 0.134 e. The molecular formula is C17H20N4. The fourth-order valence-corrected chi connectivity index (χ4v) is 2.79. The van der Waals surface area contributed by atoms with Crippen molar-refractivity contribution in [1.82, 2.24) is 15.3 Å². The summed E-state index contributed by atoms with van der Waals surface area (Å²) in [6.45, 7) is 4.11. The van der Waals surface area contributed by atoms with E-state index in [1.807, 2.05) is 6.07 Å². The summed E-state index contributed by atoms with van der Waals surface area (Å²) < 4.78 is 0. The highest BCUT2D eigenvalue weighted by molar-refractivity contribution is 5.63. The summed E-state index contributed by atoms with van der Waals surface area (Å²) in [6, 6.07) is 12.6. The molecule has 1 saturated heterocycles. The maximum Gasteiger partial charge on any atom is 0.134 e. The number of benzene rings is 1. The van der Waals surface area contributed by atoms with Crippen molar-refractivity contribution in [2.75, 3.05) is 31.1 Å². The second kappa shape index (κ2) is 5.45. The maximum absolute atomic E-state index is 4.83. The fourth-order valence-electron chi connectivity index (χ4n) is 2.79. The molecule has 1 aromatic carbocycles. The van der Waals surface area contributed by atoms with E-state index in [9.17, 15) is 0 Å². The van der Waals surface area contributed by atoms with Gasteiger partial charge in [0.05, 0.1) is 5.69 Å². The molecule has 2 aromatic rings. The van der Waals surface area contributed by atoms with Gasteiger partial charge in [0.15, 0.2) is 0 Å². The molecule has 0 unspecified atom stereocenters. The zero-order chi connectivity index (χ0) is 14.1. The monoisotopic (exact) mass is 280 g/mol. The lowest BCUT2D eigenvalue weighted by Crippen LogP contribution is -2.44. The summed E-state index contributed by atoms with van der Waals surface area (Å²) in [5.41, 5.74) is 2.24. The van der Waals surface area contributed by atoms with Gasteiger partial charge in [-0.25, -0.2) is 9.97 Å². The molecule has 0 bridgehead atoms. The van der Waals surface area contributed by atoms with Gasteiger partial charge in [-0.05, 0) is 12.8 Å². The van der Waals surface area contributed by atoms with Crippen molar-refractivity contribution in [2.45, 2.75) is 18.8 Å². The Kier molecular flexibility index (Phi) is 3.31. The number of rotatable bonds is 3. The average Bonchev–Trinajstić information content (AvgIpc) is 3.41. The molecule has 1 N–H and O–H groups in total. The Bertz CT molecular complexity index is 616. The van der Waals surface area contributed by atoms with Crippen molar-refractivity contribution in [3.05, 3.63) is 42.2 Å². The Morgan fingerprint density at radius 2 is 1.76 bits per heavy atom. The van der Waals surface area contributed by atoms with E-state index in [1.54, 1.807) is 0 Å². The van der Waals surface area contributed by atoms with Crippen molar-refractivity contribution in [3.8, 4) is 11.3 Å². The van der Waals surface area contributed by atoms with Crippen LogP contribution in [0.3, 0.4) is 0 Å². The van der Waals surface area contributed by atoms with Crippen LogP contribution in [0.4, 0.5) is 5.82 Å². The minimum Gasteiger partial charge on any atom is -0.354 e. The van der Waals surface area contributed by atoms with Crippen LogP contribution in [0.25, 0.3) is 11.3 Å². The second-order valence-electron chi connectivity index (χ2n) is 5.85. The minimum absolute atomic E-state index is 0.579. The highest BCUT2D eigenvalue weighted by Crippen LogP contribution is 2.39. The molecule has 0 atom stereocenters. The SMILES string of the molecule is c1ccc(-c2cc(N3CCNCC3)nc(C3CC3)n2)cc1. The third-order valence-electron chi connectivity index (χ3n) is 4.18. The predicted molar refractivity (Wildman–Crippen MR) is 84.5 cm³/mol. The van der Waals surface area contributed by atoms with Gasteiger partial charge in [0.1, 0.15) is 11.6 Å². The van der Waals surface area contributed by atoms with Gasteiger partial charge in [-0.15, -0.1) is 0 Å². The largest absolute Gasteiger partial charge is 0.354 e. The lowest BCUT2D eigenvalue weighted by molar-refractivity contribution is 0.583. The number of hydrogen-bond donors (Lipinski definition) is 1. The molecule has 0 spiro atoms. The molecule has 0 radical (unpaired) electrons. The molecule has 2 heterocycles. The van der Waals surface area contributed by atoms with Crippen LogP contribution in [-0.4, -0.2) is 36.1 Å². The summed E-state index contributed by atoms with van der Waals surface area (Å²) >= 11 is 0. The molecule has 4 rings (SSSR count). The summed E-state index contributed by atoms with van der Waals surface area (Å²) in [4.78, 5) is 12.0. The number of nitrogens with zero attached hydrogens (tertiary/aromatic N) is 3. The molecular weight excluding hydrogens is 260 g/mol. The standard InChI is InChI=1S/C17H20N4/c1-2-4-13(5-3-1)15-12-16(21-10-8-18-9-11-21)20-17(19-15)14-6-7-14/h1-5,12,14,18H,6-11H2. The molecule has 0 amide bonds. The number of hydrogen-bond acceptors (Lipinski definition) is 4. The molecule has 1 aromatic heterocycles. The van der Waals surface area contributed by atoms with Crippen molar-refractivity contribution in [1.29, 1.82) is 0 Å². The molecule has 108 valence electrons. The van der Waals surface area contributed by atoms with Crippen LogP contribution in [0, 0.1) is 0 Å². The Morgan fingerprint density at radius 1 is 1.00 bits per heavy atom. The van der Waals surface area contributed by atoms with Crippen molar-refractivity contribution in [3.63, 3.8) is 0 Å². The molecule has 21 heavy (non-hydrogen) atoms. The topological polar surface area (TPSA) is 41.0 Å². The van der Waals surface area contributed by atoms with E-state index in [-0.39, 0.29) is 0 Å². The number of anilines is 1. The van der Waals surface area contributed by atoms with Gasteiger partial charge in [-0.1, -0.05) is 30.3 Å². The second-order valence-corrected chi connectivity index (χ2v) is 5.85. The first-order chi connectivity index (χ1) is 10.4. The van der Waals surface area contributed by atoms with E-state index in [1.165, 1.54) is 18.4 Å². The molecule has 2 aliphatic rings. The van der Waals surface area contributed by atoms with E-state index >= 15 is 0 Å². The molecule has 4 nitrogen and oxygen atoms in total. The van der Waals surface area contributed by atoms with Crippen LogP contribution in [-0.2, 0) is 0 Å². The summed E-state index contributed by atoms with van der Waals surface area (Å²) in [5.74, 6) is 2.70. The molecule has 4 heteroatoms. The van der Waals surface area contributed by atoms with E-state index in [0.717, 1.165) is 43.5 Å². The highest BCUT2D eigenvalue weighted by Gasteiger charge is 2.28. The Hall–Kier alpha value is -1.94. The van der Waals surface area contributed by atoms with Crippen LogP contribution in [0.1, 0.15) is 24.6 Å². The zero-order valence-electron chi connectivity index (χ0n) is 12.1. The van der Waals surface area contributed by atoms with Gasteiger partial charge in [0.2, 0.25) is 0 Å². The predicted octanol–water partition coefficient (Wildman–Crippen LogP) is 2.43. The number of nitrogens with one attached hydrogen (secondary N) is 1. The molecule has 2 fully saturated rings. The van der Waals surface area contributed by atoms with Crippen molar-refractivity contribution < 1.29 is 0 Å². The van der Waals surface area contributed by atoms with Gasteiger partial charge < -0.3 is 10.2 Å². The fraction of sp³-hybridized carbons (Fsp3) is 0.412. The Morgan fingerprint density at radius 3 is 2.48 bits per heavy atom. The van der Waals surface area contributed by atoms with Gasteiger partial charge in [-0.2, -0.15) is 0 Å². The van der Waals surface area contributed by atoms with Crippen molar-refractivity contribution >= 4 is 5.82 Å². The summed E-state index contributed by atoms with van der Waals surface area (Å²) in [5, 5.41) is 3.40. The van der Waals surface area contributed by atoms with Gasteiger partial charge >= 0.3 is 0 Å². The first-order valence-corrected chi connectivity index (χ1v) is 7.80. The molecule has 1 saturated carbocycles. The first-order valence-electron chi connectivity index (χ1n) is 7.80. The zero-order valence-corrected chi connectivity index (χ0v) is 12.1. The summed E-state index contributed by atoms with van der Waals surface area (Å²) in [7, 11) is 0. The summed E-state index contributed by atoms with van der Waals surface area (Å²) in [6.07, 6.45) is 2.47. The van der Waals surface area contributed by atoms with Crippen LogP contribution in [0.5, 0.6) is 0 Å². The molecule has 1 aliphatic heterocycles. The average molecular weight is 280 g/mol. The van der Waals surface area contributed by atoms with E-state index < -0.39 is 0 Å². The highest BCUT2D eigenvalue weighted by atomic mass is 15.2. The normalized spacial score (nSPS) is 18.8. The van der Waals surface area contributed by atoms with Gasteiger partial charge in [0.25, 0.3) is 0 Å². The lowest BCUT2D eigenvalue weighted by Gasteiger charge is -2.29. The van der Waals surface area contributed by atoms with Crippen LogP contribution in [0.2, 0.25) is 0 Å². The van der Waals surface area contributed by atoms with Crippen molar-refractivity contribution in [2.24, 2.45) is 0 Å². The molecule has 1 aliphatic carbocycles. The number of aromatic nitrogens is 2. The third kappa shape index (κ3) is 2.76. The van der Waals surface area contributed by atoms with Gasteiger partial charge in [0, 0.05) is 43.7 Å². The quantitative estimate of drug-likeness (QED) is 0.937. The van der Waals surface area contributed by atoms with E-state index in [0.29, 0.717) is 5.92 Å². The van der Waals surface area contributed by atoms with Gasteiger partial charge in [-0.3, -0.25) is 0 Å².